The number of benzene rings is 2. The molecule has 5 nitrogen and oxygen atoms in total. The van der Waals surface area contributed by atoms with Gasteiger partial charge >= 0.3 is 0 Å². The third-order valence-corrected chi connectivity index (χ3v) is 5.97. The summed E-state index contributed by atoms with van der Waals surface area (Å²) in [5.74, 6) is 1.44. The quantitative estimate of drug-likeness (QED) is 0.556. The van der Waals surface area contributed by atoms with E-state index in [4.69, 9.17) is 11.6 Å². The zero-order valence-electron chi connectivity index (χ0n) is 15.5. The second kappa shape index (κ2) is 8.37. The summed E-state index contributed by atoms with van der Waals surface area (Å²) in [7, 11) is 0. The Hall–Kier alpha value is -2.31. The van der Waals surface area contributed by atoms with Gasteiger partial charge < -0.3 is 9.88 Å². The lowest BCUT2D eigenvalue weighted by molar-refractivity contribution is -0.115. The van der Waals surface area contributed by atoms with Gasteiger partial charge in [-0.2, -0.15) is 0 Å². The van der Waals surface area contributed by atoms with Gasteiger partial charge in [0.2, 0.25) is 5.91 Å². The molecule has 4 rings (SSSR count). The fourth-order valence-corrected chi connectivity index (χ4v) is 3.92. The van der Waals surface area contributed by atoms with Crippen LogP contribution in [0.25, 0.3) is 0 Å². The van der Waals surface area contributed by atoms with Crippen molar-refractivity contribution in [3.63, 3.8) is 0 Å². The number of hydrogen-bond acceptors (Lipinski definition) is 4. The van der Waals surface area contributed by atoms with Gasteiger partial charge in [0.15, 0.2) is 5.16 Å². The summed E-state index contributed by atoms with van der Waals surface area (Å²) in [5, 5.41) is 12.9. The molecule has 3 aromatic rings. The molecule has 1 atom stereocenters. The first-order valence-corrected chi connectivity index (χ1v) is 10.6. The lowest BCUT2D eigenvalue weighted by atomic mass is 10.2. The molecular weight excluding hydrogens is 392 g/mol. The van der Waals surface area contributed by atoms with Crippen molar-refractivity contribution in [2.45, 2.75) is 42.6 Å². The summed E-state index contributed by atoms with van der Waals surface area (Å²) in [5.41, 5.74) is 1.93. The maximum absolute atomic E-state index is 12.6. The Morgan fingerprint density at radius 3 is 2.57 bits per heavy atom. The number of amides is 1. The van der Waals surface area contributed by atoms with E-state index in [1.807, 2.05) is 25.1 Å². The van der Waals surface area contributed by atoms with E-state index in [2.05, 4.69) is 32.2 Å². The lowest BCUT2D eigenvalue weighted by Crippen LogP contribution is -2.23. The molecule has 144 valence electrons. The highest BCUT2D eigenvalue weighted by molar-refractivity contribution is 8.00. The highest BCUT2D eigenvalue weighted by atomic mass is 35.5. The highest BCUT2D eigenvalue weighted by Crippen LogP contribution is 2.40. The van der Waals surface area contributed by atoms with Crippen LogP contribution < -0.4 is 5.32 Å². The van der Waals surface area contributed by atoms with E-state index in [-0.39, 0.29) is 11.2 Å². The number of anilines is 1. The number of nitrogens with one attached hydrogen (secondary N) is 1. The van der Waals surface area contributed by atoms with Crippen LogP contribution in [0.3, 0.4) is 0 Å². The van der Waals surface area contributed by atoms with E-state index < -0.39 is 0 Å². The number of hydrogen-bond donors (Lipinski definition) is 1. The van der Waals surface area contributed by atoms with Crippen LogP contribution in [0.4, 0.5) is 5.69 Å². The Labute approximate surface area is 173 Å². The molecule has 0 unspecified atom stereocenters. The number of rotatable bonds is 7. The van der Waals surface area contributed by atoms with Crippen LogP contribution in [0.2, 0.25) is 5.02 Å². The maximum Gasteiger partial charge on any atom is 0.237 e. The minimum Gasteiger partial charge on any atom is -0.325 e. The molecule has 1 aliphatic carbocycles. The van der Waals surface area contributed by atoms with E-state index in [0.29, 0.717) is 17.5 Å². The van der Waals surface area contributed by atoms with E-state index in [1.54, 1.807) is 24.3 Å². The molecule has 28 heavy (non-hydrogen) atoms. The third-order valence-electron chi connectivity index (χ3n) is 4.63. The summed E-state index contributed by atoms with van der Waals surface area (Å²) < 4.78 is 2.16. The molecule has 1 fully saturated rings. The summed E-state index contributed by atoms with van der Waals surface area (Å²) in [6.45, 7) is 2.60. The Balaban J connectivity index is 1.49. The topological polar surface area (TPSA) is 59.8 Å². The molecule has 1 aromatic heterocycles. The van der Waals surface area contributed by atoms with Crippen LogP contribution in [0.1, 0.15) is 37.1 Å². The molecule has 2 aromatic carbocycles. The van der Waals surface area contributed by atoms with Crippen molar-refractivity contribution in [3.05, 3.63) is 71.0 Å². The van der Waals surface area contributed by atoms with Gasteiger partial charge in [0.1, 0.15) is 5.82 Å². The van der Waals surface area contributed by atoms with E-state index in [0.717, 1.165) is 29.5 Å². The fourth-order valence-electron chi connectivity index (χ4n) is 2.93. The van der Waals surface area contributed by atoms with Crippen LogP contribution in [-0.4, -0.2) is 25.9 Å². The van der Waals surface area contributed by atoms with Crippen molar-refractivity contribution in [1.82, 2.24) is 14.8 Å². The summed E-state index contributed by atoms with van der Waals surface area (Å²) in [6.07, 6.45) is 2.31. The molecule has 0 spiro atoms. The van der Waals surface area contributed by atoms with Crippen molar-refractivity contribution in [2.24, 2.45) is 0 Å². The third kappa shape index (κ3) is 4.56. The van der Waals surface area contributed by atoms with Gasteiger partial charge in [-0.3, -0.25) is 4.79 Å². The molecule has 0 aliphatic heterocycles. The van der Waals surface area contributed by atoms with Crippen LogP contribution >= 0.6 is 23.4 Å². The molecule has 1 amide bonds. The Morgan fingerprint density at radius 1 is 1.18 bits per heavy atom. The van der Waals surface area contributed by atoms with Crippen LogP contribution in [0, 0.1) is 0 Å². The van der Waals surface area contributed by atoms with Crippen molar-refractivity contribution >= 4 is 35.0 Å². The number of carbonyl (C=O) groups excluding carboxylic acids is 1. The fraction of sp³-hybridized carbons (Fsp3) is 0.286. The molecule has 0 saturated heterocycles. The van der Waals surface area contributed by atoms with Crippen molar-refractivity contribution in [3.8, 4) is 0 Å². The standard InChI is InChI=1S/C21H21ClN4OS/c1-14(20(27)23-18-11-9-17(22)10-12-18)28-21-25-24-19(16-7-8-16)26(21)13-15-5-3-2-4-6-15/h2-6,9-12,14,16H,7-8,13H2,1H3,(H,23,27)/t14-/m1/s1. The highest BCUT2D eigenvalue weighted by Gasteiger charge is 2.31. The first kappa shape index (κ1) is 19.0. The van der Waals surface area contributed by atoms with Crippen molar-refractivity contribution in [2.75, 3.05) is 5.32 Å². The van der Waals surface area contributed by atoms with E-state index in [9.17, 15) is 4.79 Å². The number of halogens is 1. The minimum absolute atomic E-state index is 0.0745. The van der Waals surface area contributed by atoms with Crippen molar-refractivity contribution in [1.29, 1.82) is 0 Å². The zero-order chi connectivity index (χ0) is 19.5. The zero-order valence-corrected chi connectivity index (χ0v) is 17.1. The minimum atomic E-state index is -0.304. The number of thioether (sulfide) groups is 1. The predicted octanol–water partition coefficient (Wildman–Crippen LogP) is 4.98. The molecule has 1 aliphatic rings. The Morgan fingerprint density at radius 2 is 1.89 bits per heavy atom. The maximum atomic E-state index is 12.6. The Kier molecular flexibility index (Phi) is 5.69. The Bertz CT molecular complexity index is 954. The summed E-state index contributed by atoms with van der Waals surface area (Å²) in [4.78, 5) is 12.6. The van der Waals surface area contributed by atoms with Gasteiger partial charge in [0.05, 0.1) is 11.8 Å². The largest absolute Gasteiger partial charge is 0.325 e. The molecule has 7 heteroatoms. The average molecular weight is 413 g/mol. The second-order valence-corrected chi connectivity index (χ2v) is 8.69. The predicted molar refractivity (Wildman–Crippen MR) is 113 cm³/mol. The molecular formula is C21H21ClN4OS. The average Bonchev–Trinajstić information content (AvgIpc) is 3.48. The normalized spacial score (nSPS) is 14.6. The summed E-state index contributed by atoms with van der Waals surface area (Å²) in [6, 6.07) is 17.4. The van der Waals surface area contributed by atoms with Gasteiger partial charge in [-0.15, -0.1) is 10.2 Å². The monoisotopic (exact) mass is 412 g/mol. The number of aromatic nitrogens is 3. The molecule has 1 N–H and O–H groups in total. The van der Waals surface area contributed by atoms with Crippen molar-refractivity contribution < 1.29 is 4.79 Å². The number of nitrogens with zero attached hydrogens (tertiary/aromatic N) is 3. The second-order valence-electron chi connectivity index (χ2n) is 6.94. The first-order valence-electron chi connectivity index (χ1n) is 9.30. The van der Waals surface area contributed by atoms with Gasteiger partial charge in [-0.05, 0) is 49.6 Å². The van der Waals surface area contributed by atoms with Crippen LogP contribution in [-0.2, 0) is 11.3 Å². The molecule has 0 radical (unpaired) electrons. The van der Waals surface area contributed by atoms with E-state index >= 15 is 0 Å². The number of carbonyl (C=O) groups is 1. The molecule has 1 heterocycles. The van der Waals surface area contributed by atoms with Gasteiger partial charge in [0, 0.05) is 16.6 Å². The smallest absolute Gasteiger partial charge is 0.237 e. The van der Waals surface area contributed by atoms with Gasteiger partial charge in [-0.25, -0.2) is 0 Å². The molecule has 1 saturated carbocycles. The van der Waals surface area contributed by atoms with Gasteiger partial charge in [-0.1, -0.05) is 53.7 Å². The van der Waals surface area contributed by atoms with Crippen LogP contribution in [0.5, 0.6) is 0 Å². The van der Waals surface area contributed by atoms with E-state index in [1.165, 1.54) is 17.3 Å². The molecule has 0 bridgehead atoms. The first-order chi connectivity index (χ1) is 13.6. The lowest BCUT2D eigenvalue weighted by Gasteiger charge is -2.14. The SMILES string of the molecule is C[C@@H](Sc1nnc(C2CC2)n1Cc1ccccc1)C(=O)Nc1ccc(Cl)cc1. The van der Waals surface area contributed by atoms with Gasteiger partial charge in [0.25, 0.3) is 0 Å². The van der Waals surface area contributed by atoms with Crippen LogP contribution in [0.15, 0.2) is 59.8 Å². The summed E-state index contributed by atoms with van der Waals surface area (Å²) >= 11 is 7.34.